The lowest BCUT2D eigenvalue weighted by Crippen LogP contribution is -2.13. The molecule has 0 amide bonds. The topological polar surface area (TPSA) is 43.4 Å². The molecule has 0 saturated carbocycles. The van der Waals surface area contributed by atoms with Gasteiger partial charge in [-0.1, -0.05) is 24.8 Å². The number of para-hydroxylation sites is 1. The number of thioether (sulfide) groups is 1. The highest BCUT2D eigenvalue weighted by atomic mass is 32.2. The minimum Gasteiger partial charge on any atom is -0.400 e. The number of carbonyl (C=O) groups excluding carboxylic acids is 1. The van der Waals surface area contributed by atoms with Gasteiger partial charge in [0.25, 0.3) is 0 Å². The van der Waals surface area contributed by atoms with Crippen molar-refractivity contribution < 1.29 is 13.2 Å². The second kappa shape index (κ2) is 7.96. The molecule has 22 heavy (non-hydrogen) atoms. The summed E-state index contributed by atoms with van der Waals surface area (Å²) in [6.07, 6.45) is 1.97. The van der Waals surface area contributed by atoms with Crippen molar-refractivity contribution in [1.82, 2.24) is 0 Å². The average molecular weight is 332 g/mol. The number of carbonyl (C=O) groups is 1. The maximum Gasteiger partial charge on any atom is 0.211 e. The Balaban J connectivity index is 1.95. The quantitative estimate of drug-likeness (QED) is 0.438. The minimum atomic E-state index is -1.63. The van der Waals surface area contributed by atoms with Crippen LogP contribution in [0.15, 0.2) is 71.6 Å². The minimum absolute atomic E-state index is 0.0159. The summed E-state index contributed by atoms with van der Waals surface area (Å²) in [5.74, 6) is 0.279. The predicted molar refractivity (Wildman–Crippen MR) is 91.8 cm³/mol. The van der Waals surface area contributed by atoms with E-state index in [0.29, 0.717) is 11.3 Å². The second-order valence-electron chi connectivity index (χ2n) is 4.51. The molecule has 2 aromatic carbocycles. The predicted octanol–water partition coefficient (Wildman–Crippen LogP) is 3.89. The Hall–Kier alpha value is -1.85. The van der Waals surface area contributed by atoms with E-state index in [2.05, 4.69) is 6.58 Å². The Bertz CT molecular complexity index is 679. The zero-order valence-electron chi connectivity index (χ0n) is 12.2. The smallest absolute Gasteiger partial charge is 0.211 e. The fourth-order valence-corrected chi connectivity index (χ4v) is 2.98. The van der Waals surface area contributed by atoms with Crippen molar-refractivity contribution in [3.05, 3.63) is 72.3 Å². The number of rotatable bonds is 7. The van der Waals surface area contributed by atoms with E-state index in [1.165, 1.54) is 0 Å². The molecular weight excluding hydrogens is 316 g/mol. The molecule has 5 heteroatoms. The number of ketones is 1. The zero-order valence-corrected chi connectivity index (χ0v) is 13.8. The van der Waals surface area contributed by atoms with Crippen molar-refractivity contribution in [3.8, 4) is 5.75 Å². The normalized spacial score (nSPS) is 11.7. The third-order valence-electron chi connectivity index (χ3n) is 2.90. The summed E-state index contributed by atoms with van der Waals surface area (Å²) in [5, 5.41) is 0. The molecule has 3 nitrogen and oxygen atoms in total. The molecule has 0 N–H and O–H groups in total. The van der Waals surface area contributed by atoms with Gasteiger partial charge in [-0.2, -0.15) is 0 Å². The van der Waals surface area contributed by atoms with Gasteiger partial charge >= 0.3 is 0 Å². The van der Waals surface area contributed by atoms with Gasteiger partial charge in [-0.25, -0.2) is 4.21 Å². The van der Waals surface area contributed by atoms with Crippen LogP contribution < -0.4 is 4.18 Å². The van der Waals surface area contributed by atoms with Crippen LogP contribution in [-0.2, 0) is 11.1 Å². The van der Waals surface area contributed by atoms with Crippen LogP contribution in [0.3, 0.4) is 0 Å². The van der Waals surface area contributed by atoms with E-state index in [4.69, 9.17) is 4.18 Å². The molecule has 2 aromatic rings. The average Bonchev–Trinajstić information content (AvgIpc) is 2.55. The van der Waals surface area contributed by atoms with E-state index in [0.717, 1.165) is 4.90 Å². The van der Waals surface area contributed by atoms with Gasteiger partial charge in [0.2, 0.25) is 11.1 Å². The first kappa shape index (κ1) is 16.5. The molecular formula is C17H16O3S2. The first-order chi connectivity index (χ1) is 10.6. The molecule has 0 aliphatic heterocycles. The van der Waals surface area contributed by atoms with Crippen LogP contribution in [0.2, 0.25) is 0 Å². The SMILES string of the molecule is C=C(CS(=O)Oc1ccccc1)C(=O)c1ccc(SC)cc1. The molecule has 0 bridgehead atoms. The molecule has 1 atom stereocenters. The van der Waals surface area contributed by atoms with Gasteiger partial charge in [0, 0.05) is 16.0 Å². The summed E-state index contributed by atoms with van der Waals surface area (Å²) >= 11 is -0.0188. The molecule has 2 rings (SSSR count). The molecule has 0 aromatic heterocycles. The van der Waals surface area contributed by atoms with Gasteiger partial charge in [0.05, 0.1) is 5.75 Å². The van der Waals surface area contributed by atoms with Gasteiger partial charge in [0.1, 0.15) is 5.75 Å². The lowest BCUT2D eigenvalue weighted by atomic mass is 10.1. The fourth-order valence-electron chi connectivity index (χ4n) is 1.77. The largest absolute Gasteiger partial charge is 0.400 e. The maximum absolute atomic E-state index is 12.2. The number of benzene rings is 2. The van der Waals surface area contributed by atoms with E-state index in [1.54, 1.807) is 48.2 Å². The molecule has 1 unspecified atom stereocenters. The lowest BCUT2D eigenvalue weighted by Gasteiger charge is -2.07. The maximum atomic E-state index is 12.2. The van der Waals surface area contributed by atoms with Crippen molar-refractivity contribution in [3.63, 3.8) is 0 Å². The van der Waals surface area contributed by atoms with E-state index in [1.807, 2.05) is 24.5 Å². The number of hydrogen-bond acceptors (Lipinski definition) is 4. The first-order valence-electron chi connectivity index (χ1n) is 6.58. The van der Waals surface area contributed by atoms with Gasteiger partial charge in [-0.15, -0.1) is 11.8 Å². The fraction of sp³-hybridized carbons (Fsp3) is 0.118. The van der Waals surface area contributed by atoms with Crippen molar-refractivity contribution >= 4 is 28.6 Å². The number of Topliss-reactive ketones (excluding diaryl/α,β-unsaturated/α-hetero) is 1. The highest BCUT2D eigenvalue weighted by Gasteiger charge is 2.14. The van der Waals surface area contributed by atoms with E-state index in [-0.39, 0.29) is 17.1 Å². The summed E-state index contributed by atoms with van der Waals surface area (Å²) in [7, 11) is 0. The Morgan fingerprint density at radius 1 is 1.14 bits per heavy atom. The summed E-state index contributed by atoms with van der Waals surface area (Å²) < 4.78 is 17.2. The van der Waals surface area contributed by atoms with Crippen molar-refractivity contribution in [2.24, 2.45) is 0 Å². The Labute approximate surface area is 137 Å². The molecule has 0 spiro atoms. The van der Waals surface area contributed by atoms with Gasteiger partial charge < -0.3 is 4.18 Å². The monoisotopic (exact) mass is 332 g/mol. The molecule has 0 radical (unpaired) electrons. The first-order valence-corrected chi connectivity index (χ1v) is 9.05. The van der Waals surface area contributed by atoms with Crippen LogP contribution in [0, 0.1) is 0 Å². The molecule has 0 aliphatic carbocycles. The van der Waals surface area contributed by atoms with Gasteiger partial charge in [0.15, 0.2) is 5.78 Å². The highest BCUT2D eigenvalue weighted by molar-refractivity contribution is 7.98. The zero-order chi connectivity index (χ0) is 15.9. The van der Waals surface area contributed by atoms with Crippen LogP contribution >= 0.6 is 11.8 Å². The third kappa shape index (κ3) is 4.58. The van der Waals surface area contributed by atoms with Crippen LogP contribution in [0.25, 0.3) is 0 Å². The van der Waals surface area contributed by atoms with Crippen LogP contribution in [-0.4, -0.2) is 22.0 Å². The molecule has 0 saturated heterocycles. The highest BCUT2D eigenvalue weighted by Crippen LogP contribution is 2.17. The van der Waals surface area contributed by atoms with Crippen LogP contribution in [0.4, 0.5) is 0 Å². The van der Waals surface area contributed by atoms with E-state index in [9.17, 15) is 9.00 Å². The third-order valence-corrected chi connectivity index (χ3v) is 4.60. The van der Waals surface area contributed by atoms with Gasteiger partial charge in [-0.3, -0.25) is 4.79 Å². The van der Waals surface area contributed by atoms with Crippen molar-refractivity contribution in [2.75, 3.05) is 12.0 Å². The van der Waals surface area contributed by atoms with E-state index >= 15 is 0 Å². The van der Waals surface area contributed by atoms with Gasteiger partial charge in [-0.05, 0) is 42.7 Å². The summed E-state index contributed by atoms with van der Waals surface area (Å²) in [5.41, 5.74) is 0.811. The summed E-state index contributed by atoms with van der Waals surface area (Å²) in [6.45, 7) is 3.73. The van der Waals surface area contributed by atoms with E-state index < -0.39 is 11.1 Å². The Morgan fingerprint density at radius 3 is 2.36 bits per heavy atom. The van der Waals surface area contributed by atoms with Crippen molar-refractivity contribution in [2.45, 2.75) is 4.90 Å². The Kier molecular flexibility index (Phi) is 5.98. The molecule has 0 heterocycles. The van der Waals surface area contributed by atoms with Crippen molar-refractivity contribution in [1.29, 1.82) is 0 Å². The molecule has 0 aliphatic rings. The lowest BCUT2D eigenvalue weighted by molar-refractivity contribution is 0.103. The van der Waals surface area contributed by atoms with Crippen LogP contribution in [0.1, 0.15) is 10.4 Å². The summed E-state index contributed by atoms with van der Waals surface area (Å²) in [6, 6.07) is 16.1. The molecule has 0 fully saturated rings. The Morgan fingerprint density at radius 2 is 1.77 bits per heavy atom. The molecule has 114 valence electrons. The number of hydrogen-bond donors (Lipinski definition) is 0. The second-order valence-corrected chi connectivity index (χ2v) is 6.45. The standard InChI is InChI=1S/C17H16O3S2/c1-13(12-22(19)20-15-6-4-3-5-7-15)17(18)14-8-10-16(21-2)11-9-14/h3-11H,1,12H2,2H3. The summed E-state index contributed by atoms with van der Waals surface area (Å²) in [4.78, 5) is 13.3. The van der Waals surface area contributed by atoms with Crippen LogP contribution in [0.5, 0.6) is 5.75 Å².